The first-order valence-electron chi connectivity index (χ1n) is 5.26. The van der Waals surface area contributed by atoms with Crippen LogP contribution in [0.1, 0.15) is 18.3 Å². The van der Waals surface area contributed by atoms with Gasteiger partial charge in [-0.3, -0.25) is 0 Å². The number of hydrogen-bond donors (Lipinski definition) is 2. The summed E-state index contributed by atoms with van der Waals surface area (Å²) in [4.78, 5) is 4.20. The molecule has 4 nitrogen and oxygen atoms in total. The van der Waals surface area contributed by atoms with E-state index in [4.69, 9.17) is 0 Å². The standard InChI is InChI=1S/C13H14N2O2/c1-9(7-13-14-5-6-15(13)2)10-3-4-11(16)12(17)8-10/h3-8,16-17H,1-2H3. The Balaban J connectivity index is 2.37. The Morgan fingerprint density at radius 1 is 1.29 bits per heavy atom. The number of benzene rings is 1. The van der Waals surface area contributed by atoms with E-state index in [1.807, 2.05) is 30.8 Å². The summed E-state index contributed by atoms with van der Waals surface area (Å²) >= 11 is 0. The number of phenolic OH excluding ortho intramolecular Hbond substituents is 2. The van der Waals surface area contributed by atoms with Crippen molar-refractivity contribution in [3.8, 4) is 11.5 Å². The van der Waals surface area contributed by atoms with Crippen molar-refractivity contribution in [1.82, 2.24) is 9.55 Å². The molecule has 0 amide bonds. The second kappa shape index (κ2) is 4.33. The van der Waals surface area contributed by atoms with Crippen LogP contribution in [0.4, 0.5) is 0 Å². The van der Waals surface area contributed by atoms with E-state index in [-0.39, 0.29) is 11.5 Å². The highest BCUT2D eigenvalue weighted by Crippen LogP contribution is 2.28. The van der Waals surface area contributed by atoms with Gasteiger partial charge in [0.1, 0.15) is 5.82 Å². The zero-order valence-electron chi connectivity index (χ0n) is 9.75. The van der Waals surface area contributed by atoms with Gasteiger partial charge in [-0.05, 0) is 36.3 Å². The average Bonchev–Trinajstić information content (AvgIpc) is 2.68. The number of aromatic nitrogens is 2. The molecule has 1 aromatic heterocycles. The fourth-order valence-electron chi connectivity index (χ4n) is 1.56. The van der Waals surface area contributed by atoms with Gasteiger partial charge in [-0.2, -0.15) is 0 Å². The molecule has 1 aromatic carbocycles. The van der Waals surface area contributed by atoms with Crippen LogP contribution in [0, 0.1) is 0 Å². The quantitative estimate of drug-likeness (QED) is 0.779. The highest BCUT2D eigenvalue weighted by Gasteiger charge is 2.03. The Bertz CT molecular complexity index is 571. The number of phenols is 2. The van der Waals surface area contributed by atoms with Crippen LogP contribution in [-0.2, 0) is 7.05 Å². The summed E-state index contributed by atoms with van der Waals surface area (Å²) in [6.07, 6.45) is 5.52. The zero-order valence-corrected chi connectivity index (χ0v) is 9.75. The van der Waals surface area contributed by atoms with Crippen LogP contribution in [0.25, 0.3) is 11.6 Å². The molecule has 17 heavy (non-hydrogen) atoms. The molecule has 0 unspecified atom stereocenters. The van der Waals surface area contributed by atoms with Gasteiger partial charge in [-0.1, -0.05) is 6.07 Å². The third-order valence-electron chi connectivity index (χ3n) is 2.63. The molecule has 0 saturated carbocycles. The topological polar surface area (TPSA) is 58.3 Å². The van der Waals surface area contributed by atoms with Crippen molar-refractivity contribution >= 4 is 11.6 Å². The molecule has 2 N–H and O–H groups in total. The number of nitrogens with zero attached hydrogens (tertiary/aromatic N) is 2. The van der Waals surface area contributed by atoms with Crippen LogP contribution in [-0.4, -0.2) is 19.8 Å². The predicted molar refractivity (Wildman–Crippen MR) is 66.5 cm³/mol. The van der Waals surface area contributed by atoms with E-state index < -0.39 is 0 Å². The molecule has 0 aliphatic carbocycles. The number of aryl methyl sites for hydroxylation is 1. The zero-order chi connectivity index (χ0) is 12.4. The largest absolute Gasteiger partial charge is 0.504 e. The molecular formula is C13H14N2O2. The highest BCUT2D eigenvalue weighted by molar-refractivity contribution is 5.79. The van der Waals surface area contributed by atoms with Crippen LogP contribution >= 0.6 is 0 Å². The maximum Gasteiger partial charge on any atom is 0.157 e. The molecule has 0 fully saturated rings. The Morgan fingerprint density at radius 3 is 2.65 bits per heavy atom. The van der Waals surface area contributed by atoms with E-state index in [0.717, 1.165) is 17.0 Å². The highest BCUT2D eigenvalue weighted by atomic mass is 16.3. The number of allylic oxidation sites excluding steroid dienone is 1. The van der Waals surface area contributed by atoms with E-state index in [9.17, 15) is 10.2 Å². The predicted octanol–water partition coefficient (Wildman–Crippen LogP) is 2.39. The van der Waals surface area contributed by atoms with Gasteiger partial charge in [0.05, 0.1) is 0 Å². The summed E-state index contributed by atoms with van der Waals surface area (Å²) in [5.74, 6) is 0.615. The van der Waals surface area contributed by atoms with Crippen molar-refractivity contribution in [3.63, 3.8) is 0 Å². The SMILES string of the molecule is CC(=Cc1nccn1C)c1ccc(O)c(O)c1. The first-order valence-corrected chi connectivity index (χ1v) is 5.26. The summed E-state index contributed by atoms with van der Waals surface area (Å²) < 4.78 is 1.91. The summed E-state index contributed by atoms with van der Waals surface area (Å²) in [6, 6.07) is 4.76. The fourth-order valence-corrected chi connectivity index (χ4v) is 1.56. The molecule has 1 heterocycles. The molecule has 4 heteroatoms. The maximum absolute atomic E-state index is 9.43. The van der Waals surface area contributed by atoms with E-state index in [1.54, 1.807) is 12.3 Å². The summed E-state index contributed by atoms with van der Waals surface area (Å²) in [6.45, 7) is 1.93. The van der Waals surface area contributed by atoms with Gasteiger partial charge in [-0.15, -0.1) is 0 Å². The maximum atomic E-state index is 9.43. The molecule has 88 valence electrons. The Hall–Kier alpha value is -2.23. The van der Waals surface area contributed by atoms with Gasteiger partial charge in [0.2, 0.25) is 0 Å². The lowest BCUT2D eigenvalue weighted by Crippen LogP contribution is -1.90. The third-order valence-corrected chi connectivity index (χ3v) is 2.63. The number of imidazole rings is 1. The average molecular weight is 230 g/mol. The van der Waals surface area contributed by atoms with Crippen molar-refractivity contribution in [2.45, 2.75) is 6.92 Å². The number of aromatic hydroxyl groups is 2. The van der Waals surface area contributed by atoms with Gasteiger partial charge in [0, 0.05) is 19.4 Å². The van der Waals surface area contributed by atoms with Crippen molar-refractivity contribution in [2.24, 2.45) is 7.05 Å². The van der Waals surface area contributed by atoms with Gasteiger partial charge < -0.3 is 14.8 Å². The van der Waals surface area contributed by atoms with Gasteiger partial charge >= 0.3 is 0 Å². The second-order valence-corrected chi connectivity index (χ2v) is 3.93. The molecule has 0 saturated heterocycles. The molecule has 0 bridgehead atoms. The van der Waals surface area contributed by atoms with Crippen molar-refractivity contribution < 1.29 is 10.2 Å². The molecule has 0 spiro atoms. The van der Waals surface area contributed by atoms with E-state index >= 15 is 0 Å². The molecule has 0 radical (unpaired) electrons. The Kier molecular flexibility index (Phi) is 2.87. The van der Waals surface area contributed by atoms with E-state index in [2.05, 4.69) is 4.98 Å². The Morgan fingerprint density at radius 2 is 2.06 bits per heavy atom. The first kappa shape index (κ1) is 11.3. The van der Waals surface area contributed by atoms with Gasteiger partial charge in [0.15, 0.2) is 11.5 Å². The minimum absolute atomic E-state index is 0.112. The third kappa shape index (κ3) is 2.30. The minimum Gasteiger partial charge on any atom is -0.504 e. The molecule has 0 atom stereocenters. The smallest absolute Gasteiger partial charge is 0.157 e. The number of rotatable bonds is 2. The Labute approximate surface area is 99.5 Å². The van der Waals surface area contributed by atoms with Crippen LogP contribution < -0.4 is 0 Å². The van der Waals surface area contributed by atoms with Crippen molar-refractivity contribution in [2.75, 3.05) is 0 Å². The molecule has 2 rings (SSSR count). The van der Waals surface area contributed by atoms with Crippen LogP contribution in [0.3, 0.4) is 0 Å². The van der Waals surface area contributed by atoms with E-state index in [1.165, 1.54) is 12.1 Å². The molecule has 2 aromatic rings. The first-order chi connectivity index (χ1) is 8.08. The normalized spacial score (nSPS) is 11.8. The molecular weight excluding hydrogens is 216 g/mol. The minimum atomic E-state index is -0.116. The lowest BCUT2D eigenvalue weighted by Gasteiger charge is -2.04. The van der Waals surface area contributed by atoms with Crippen molar-refractivity contribution in [3.05, 3.63) is 42.0 Å². The number of hydrogen-bond acceptors (Lipinski definition) is 3. The molecule has 0 aliphatic heterocycles. The second-order valence-electron chi connectivity index (χ2n) is 3.93. The fraction of sp³-hybridized carbons (Fsp3) is 0.154. The lowest BCUT2D eigenvalue weighted by molar-refractivity contribution is 0.403. The van der Waals surface area contributed by atoms with Gasteiger partial charge in [-0.25, -0.2) is 4.98 Å². The summed E-state index contributed by atoms with van der Waals surface area (Å²) in [5, 5.41) is 18.7. The van der Waals surface area contributed by atoms with Crippen molar-refractivity contribution in [1.29, 1.82) is 0 Å². The van der Waals surface area contributed by atoms with Crippen LogP contribution in [0.2, 0.25) is 0 Å². The monoisotopic (exact) mass is 230 g/mol. The van der Waals surface area contributed by atoms with E-state index in [0.29, 0.717) is 0 Å². The lowest BCUT2D eigenvalue weighted by atomic mass is 10.1. The van der Waals surface area contributed by atoms with Crippen LogP contribution in [0.5, 0.6) is 11.5 Å². The van der Waals surface area contributed by atoms with Gasteiger partial charge in [0.25, 0.3) is 0 Å². The van der Waals surface area contributed by atoms with Crippen LogP contribution in [0.15, 0.2) is 30.6 Å². The summed E-state index contributed by atoms with van der Waals surface area (Å²) in [7, 11) is 1.92. The summed E-state index contributed by atoms with van der Waals surface area (Å²) in [5.41, 5.74) is 1.82. The molecule has 0 aliphatic rings.